The van der Waals surface area contributed by atoms with Crippen molar-refractivity contribution in [2.45, 2.75) is 0 Å². The second-order valence-corrected chi connectivity index (χ2v) is 5.09. The predicted molar refractivity (Wildman–Crippen MR) is 86.5 cm³/mol. The van der Waals surface area contributed by atoms with Crippen molar-refractivity contribution in [3.63, 3.8) is 0 Å². The number of aromatic nitrogens is 1. The molecule has 0 aliphatic heterocycles. The molecule has 0 saturated carbocycles. The van der Waals surface area contributed by atoms with Crippen LogP contribution >= 0.6 is 0 Å². The molecule has 0 atom stereocenters. The standard InChI is InChI=1S/C19H13NO2/c21-15-11-9-14(10-12-15)19-20-17-8-4-7-16(18(17)22-19)13-5-2-1-3-6-13/h1-12,21H. The van der Waals surface area contributed by atoms with Crippen molar-refractivity contribution in [3.05, 3.63) is 72.8 Å². The second kappa shape index (κ2) is 5.04. The van der Waals surface area contributed by atoms with E-state index in [0.29, 0.717) is 5.89 Å². The second-order valence-electron chi connectivity index (χ2n) is 5.09. The van der Waals surface area contributed by atoms with E-state index >= 15 is 0 Å². The van der Waals surface area contributed by atoms with Crippen molar-refractivity contribution >= 4 is 11.1 Å². The van der Waals surface area contributed by atoms with Crippen molar-refractivity contribution in [1.82, 2.24) is 4.98 Å². The number of phenolic OH excluding ortho intramolecular Hbond substituents is 1. The number of hydrogen-bond acceptors (Lipinski definition) is 3. The molecular weight excluding hydrogens is 274 g/mol. The Morgan fingerprint density at radius 1 is 0.727 bits per heavy atom. The van der Waals surface area contributed by atoms with Gasteiger partial charge in [0.25, 0.3) is 0 Å². The first-order valence-electron chi connectivity index (χ1n) is 7.06. The smallest absolute Gasteiger partial charge is 0.227 e. The van der Waals surface area contributed by atoms with Gasteiger partial charge in [0.05, 0.1) is 0 Å². The van der Waals surface area contributed by atoms with E-state index in [1.807, 2.05) is 36.4 Å². The van der Waals surface area contributed by atoms with Crippen LogP contribution in [0.25, 0.3) is 33.7 Å². The molecule has 3 nitrogen and oxygen atoms in total. The van der Waals surface area contributed by atoms with Crippen molar-refractivity contribution in [2.24, 2.45) is 0 Å². The van der Waals surface area contributed by atoms with E-state index in [0.717, 1.165) is 27.8 Å². The van der Waals surface area contributed by atoms with Gasteiger partial charge in [0.15, 0.2) is 5.58 Å². The molecule has 4 rings (SSSR count). The van der Waals surface area contributed by atoms with E-state index in [1.165, 1.54) is 0 Å². The van der Waals surface area contributed by atoms with Gasteiger partial charge in [-0.15, -0.1) is 0 Å². The van der Waals surface area contributed by atoms with Crippen LogP contribution in [-0.4, -0.2) is 10.1 Å². The average molecular weight is 287 g/mol. The fraction of sp³-hybridized carbons (Fsp3) is 0. The Hall–Kier alpha value is -3.07. The fourth-order valence-corrected chi connectivity index (χ4v) is 2.52. The first-order chi connectivity index (χ1) is 10.8. The van der Waals surface area contributed by atoms with Gasteiger partial charge in [0.1, 0.15) is 11.3 Å². The molecule has 0 fully saturated rings. The van der Waals surface area contributed by atoms with E-state index in [2.05, 4.69) is 17.1 Å². The fourth-order valence-electron chi connectivity index (χ4n) is 2.52. The zero-order chi connectivity index (χ0) is 14.9. The summed E-state index contributed by atoms with van der Waals surface area (Å²) in [5.41, 5.74) is 4.56. The van der Waals surface area contributed by atoms with Crippen LogP contribution in [0.1, 0.15) is 0 Å². The van der Waals surface area contributed by atoms with Crippen LogP contribution in [0.2, 0.25) is 0 Å². The van der Waals surface area contributed by atoms with Crippen molar-refractivity contribution < 1.29 is 9.52 Å². The van der Waals surface area contributed by atoms with Gasteiger partial charge in [-0.2, -0.15) is 0 Å². The monoisotopic (exact) mass is 287 g/mol. The van der Waals surface area contributed by atoms with Gasteiger partial charge in [-0.3, -0.25) is 0 Å². The number of oxazole rings is 1. The summed E-state index contributed by atoms with van der Waals surface area (Å²) >= 11 is 0. The maximum atomic E-state index is 9.39. The highest BCUT2D eigenvalue weighted by Gasteiger charge is 2.12. The highest BCUT2D eigenvalue weighted by Crippen LogP contribution is 2.32. The van der Waals surface area contributed by atoms with Crippen molar-refractivity contribution in [3.8, 4) is 28.3 Å². The van der Waals surface area contributed by atoms with Crippen LogP contribution in [0.15, 0.2) is 77.2 Å². The lowest BCUT2D eigenvalue weighted by Crippen LogP contribution is -1.77. The maximum Gasteiger partial charge on any atom is 0.227 e. The number of para-hydroxylation sites is 1. The molecule has 22 heavy (non-hydrogen) atoms. The van der Waals surface area contributed by atoms with E-state index < -0.39 is 0 Å². The molecule has 4 aromatic rings. The summed E-state index contributed by atoms with van der Waals surface area (Å²) in [6.07, 6.45) is 0. The van der Waals surface area contributed by atoms with Gasteiger partial charge in [-0.05, 0) is 35.9 Å². The summed E-state index contributed by atoms with van der Waals surface area (Å²) in [6, 6.07) is 22.9. The number of fused-ring (bicyclic) bond motifs is 1. The first kappa shape index (κ1) is 12.7. The Morgan fingerprint density at radius 2 is 1.50 bits per heavy atom. The normalized spacial score (nSPS) is 10.9. The van der Waals surface area contributed by atoms with Crippen LogP contribution in [0.4, 0.5) is 0 Å². The molecule has 0 spiro atoms. The molecule has 0 amide bonds. The van der Waals surface area contributed by atoms with Gasteiger partial charge in [-0.25, -0.2) is 4.98 Å². The SMILES string of the molecule is Oc1ccc(-c2nc3cccc(-c4ccccc4)c3o2)cc1. The first-order valence-corrected chi connectivity index (χ1v) is 7.06. The lowest BCUT2D eigenvalue weighted by atomic mass is 10.1. The number of hydrogen-bond donors (Lipinski definition) is 1. The predicted octanol–water partition coefficient (Wildman–Crippen LogP) is 4.87. The van der Waals surface area contributed by atoms with Crippen LogP contribution in [0.3, 0.4) is 0 Å². The third-order valence-electron chi connectivity index (χ3n) is 3.61. The third-order valence-corrected chi connectivity index (χ3v) is 3.61. The molecule has 1 N–H and O–H groups in total. The zero-order valence-electron chi connectivity index (χ0n) is 11.7. The largest absolute Gasteiger partial charge is 0.508 e. The quantitative estimate of drug-likeness (QED) is 0.572. The van der Waals surface area contributed by atoms with Crippen molar-refractivity contribution in [1.29, 1.82) is 0 Å². The maximum absolute atomic E-state index is 9.39. The highest BCUT2D eigenvalue weighted by molar-refractivity contribution is 5.91. The van der Waals surface area contributed by atoms with Crippen LogP contribution in [-0.2, 0) is 0 Å². The van der Waals surface area contributed by atoms with E-state index in [4.69, 9.17) is 4.42 Å². The molecule has 3 heteroatoms. The van der Waals surface area contributed by atoms with Crippen molar-refractivity contribution in [2.75, 3.05) is 0 Å². The Balaban J connectivity index is 1.89. The number of rotatable bonds is 2. The van der Waals surface area contributed by atoms with Gasteiger partial charge < -0.3 is 9.52 Å². The molecule has 106 valence electrons. The number of phenols is 1. The lowest BCUT2D eigenvalue weighted by molar-refractivity contribution is 0.475. The average Bonchev–Trinajstić information content (AvgIpc) is 3.00. The summed E-state index contributed by atoms with van der Waals surface area (Å²) in [6.45, 7) is 0. The highest BCUT2D eigenvalue weighted by atomic mass is 16.3. The van der Waals surface area contributed by atoms with Gasteiger partial charge >= 0.3 is 0 Å². The topological polar surface area (TPSA) is 46.3 Å². The van der Waals surface area contributed by atoms with Crippen LogP contribution < -0.4 is 0 Å². The number of benzene rings is 3. The molecule has 0 saturated heterocycles. The minimum absolute atomic E-state index is 0.227. The van der Waals surface area contributed by atoms with Gasteiger partial charge in [0, 0.05) is 11.1 Å². The molecule has 1 aromatic heterocycles. The Kier molecular flexibility index (Phi) is 2.90. The van der Waals surface area contributed by atoms with E-state index in [1.54, 1.807) is 24.3 Å². The minimum atomic E-state index is 0.227. The van der Waals surface area contributed by atoms with Crippen LogP contribution in [0.5, 0.6) is 5.75 Å². The lowest BCUT2D eigenvalue weighted by Gasteiger charge is -2.01. The number of aromatic hydroxyl groups is 1. The molecule has 3 aromatic carbocycles. The molecule has 0 unspecified atom stereocenters. The van der Waals surface area contributed by atoms with E-state index in [-0.39, 0.29) is 5.75 Å². The summed E-state index contributed by atoms with van der Waals surface area (Å²) in [5, 5.41) is 9.39. The summed E-state index contributed by atoms with van der Waals surface area (Å²) in [7, 11) is 0. The van der Waals surface area contributed by atoms with Gasteiger partial charge in [-0.1, -0.05) is 42.5 Å². The van der Waals surface area contributed by atoms with Crippen LogP contribution in [0, 0.1) is 0 Å². The van der Waals surface area contributed by atoms with E-state index in [9.17, 15) is 5.11 Å². The molecule has 1 heterocycles. The summed E-state index contributed by atoms with van der Waals surface area (Å²) in [4.78, 5) is 4.55. The molecule has 0 aliphatic rings. The molecule has 0 radical (unpaired) electrons. The zero-order valence-corrected chi connectivity index (χ0v) is 11.7. The molecule has 0 aliphatic carbocycles. The van der Waals surface area contributed by atoms with Gasteiger partial charge in [0.2, 0.25) is 5.89 Å². The summed E-state index contributed by atoms with van der Waals surface area (Å²) in [5.74, 6) is 0.781. The summed E-state index contributed by atoms with van der Waals surface area (Å²) < 4.78 is 5.99. The minimum Gasteiger partial charge on any atom is -0.508 e. The molecule has 0 bridgehead atoms. The molecular formula is C19H13NO2. The third kappa shape index (κ3) is 2.13. The Morgan fingerprint density at radius 3 is 2.27 bits per heavy atom. The Labute approximate surface area is 127 Å². The Bertz CT molecular complexity index is 925. The number of nitrogens with zero attached hydrogens (tertiary/aromatic N) is 1.